The van der Waals surface area contributed by atoms with Crippen LogP contribution < -0.4 is 15.0 Å². The Labute approximate surface area is 157 Å². The summed E-state index contributed by atoms with van der Waals surface area (Å²) in [6.07, 6.45) is 2.75. The number of hydrogen-bond donors (Lipinski definition) is 1. The van der Waals surface area contributed by atoms with Gasteiger partial charge in [0.1, 0.15) is 11.6 Å². The van der Waals surface area contributed by atoms with Crippen molar-refractivity contribution in [1.29, 1.82) is 0 Å². The summed E-state index contributed by atoms with van der Waals surface area (Å²) in [5.41, 5.74) is 0.907. The van der Waals surface area contributed by atoms with Crippen LogP contribution in [-0.2, 0) is 9.59 Å². The molecule has 1 aliphatic rings. The van der Waals surface area contributed by atoms with Crippen molar-refractivity contribution in [2.24, 2.45) is 0 Å². The van der Waals surface area contributed by atoms with Crippen LogP contribution in [0.1, 0.15) is 18.9 Å². The summed E-state index contributed by atoms with van der Waals surface area (Å²) in [5, 5.41) is 2.79. The highest BCUT2D eigenvalue weighted by Gasteiger charge is 2.32. The molecule has 2 amide bonds. The van der Waals surface area contributed by atoms with Gasteiger partial charge in [0.2, 0.25) is 0 Å². The van der Waals surface area contributed by atoms with Crippen LogP contribution in [0.2, 0.25) is 0 Å². The van der Waals surface area contributed by atoms with E-state index in [0.717, 1.165) is 6.42 Å². The Morgan fingerprint density at radius 3 is 2.74 bits per heavy atom. The molecule has 0 radical (unpaired) electrons. The van der Waals surface area contributed by atoms with Gasteiger partial charge in [-0.15, -0.1) is 0 Å². The highest BCUT2D eigenvalue weighted by molar-refractivity contribution is 6.05. The maximum atomic E-state index is 13.8. The summed E-state index contributed by atoms with van der Waals surface area (Å²) >= 11 is 0. The summed E-state index contributed by atoms with van der Waals surface area (Å²) in [6, 6.07) is 13.3. The first kappa shape index (κ1) is 18.6. The minimum absolute atomic E-state index is 0.0903. The van der Waals surface area contributed by atoms with E-state index in [-0.39, 0.29) is 18.4 Å². The molecule has 140 valence electrons. The fourth-order valence-corrected chi connectivity index (χ4v) is 2.80. The topological polar surface area (TPSA) is 58.6 Å². The molecular weight excluding hydrogens is 347 g/mol. The van der Waals surface area contributed by atoms with Gasteiger partial charge < -0.3 is 15.0 Å². The van der Waals surface area contributed by atoms with E-state index in [4.69, 9.17) is 4.74 Å². The molecule has 0 aromatic heterocycles. The lowest BCUT2D eigenvalue weighted by molar-refractivity contribution is -0.128. The van der Waals surface area contributed by atoms with Crippen LogP contribution in [0.25, 0.3) is 6.08 Å². The Bertz CT molecular complexity index is 866. The number of benzene rings is 2. The molecule has 2 aromatic carbocycles. The smallest absolute Gasteiger partial charge is 0.262 e. The number of amides is 2. The zero-order valence-electron chi connectivity index (χ0n) is 15.0. The Morgan fingerprint density at radius 1 is 1.22 bits per heavy atom. The number of halogens is 1. The van der Waals surface area contributed by atoms with E-state index >= 15 is 0 Å². The van der Waals surface area contributed by atoms with Gasteiger partial charge in [0.05, 0.1) is 12.2 Å². The summed E-state index contributed by atoms with van der Waals surface area (Å²) in [5.74, 6) is -0.543. The van der Waals surface area contributed by atoms with Gasteiger partial charge in [-0.3, -0.25) is 9.59 Å². The molecule has 0 aliphatic carbocycles. The predicted octanol–water partition coefficient (Wildman–Crippen LogP) is 3.16. The largest absolute Gasteiger partial charge is 0.477 e. The summed E-state index contributed by atoms with van der Waals surface area (Å²) in [4.78, 5) is 26.6. The van der Waals surface area contributed by atoms with Crippen LogP contribution in [0, 0.1) is 5.82 Å². The van der Waals surface area contributed by atoms with Gasteiger partial charge in [-0.2, -0.15) is 0 Å². The highest BCUT2D eigenvalue weighted by atomic mass is 19.1. The number of rotatable bonds is 5. The van der Waals surface area contributed by atoms with E-state index in [9.17, 15) is 14.0 Å². The first-order valence-corrected chi connectivity index (χ1v) is 8.87. The zero-order chi connectivity index (χ0) is 19.2. The molecule has 27 heavy (non-hydrogen) atoms. The molecule has 0 unspecified atom stereocenters. The second kappa shape index (κ2) is 8.49. The molecule has 2 aromatic rings. The van der Waals surface area contributed by atoms with Gasteiger partial charge in [-0.25, -0.2) is 4.39 Å². The van der Waals surface area contributed by atoms with Gasteiger partial charge in [0, 0.05) is 18.2 Å². The molecule has 1 aliphatic heterocycles. The third-order valence-corrected chi connectivity index (χ3v) is 4.19. The molecule has 0 fully saturated rings. The molecule has 0 spiro atoms. The number of carbonyl (C=O) groups is 2. The SMILES string of the molecule is CCCNC(=O)[C@@H]1CN(C(=O)/C=C/c2ccccc2F)c2ccccc2O1. The number of nitrogens with zero attached hydrogens (tertiary/aromatic N) is 1. The van der Waals surface area contributed by atoms with Crippen molar-refractivity contribution < 1.29 is 18.7 Å². The van der Waals surface area contributed by atoms with Crippen molar-refractivity contribution in [3.8, 4) is 5.75 Å². The average Bonchev–Trinajstić information content (AvgIpc) is 2.70. The number of carbonyl (C=O) groups excluding carboxylic acids is 2. The van der Waals surface area contributed by atoms with Gasteiger partial charge in [-0.05, 0) is 30.7 Å². The maximum Gasteiger partial charge on any atom is 0.262 e. The van der Waals surface area contributed by atoms with Gasteiger partial charge >= 0.3 is 0 Å². The van der Waals surface area contributed by atoms with Crippen molar-refractivity contribution in [3.05, 3.63) is 66.0 Å². The van der Waals surface area contributed by atoms with Crippen molar-refractivity contribution in [3.63, 3.8) is 0 Å². The van der Waals surface area contributed by atoms with Crippen LogP contribution in [0.15, 0.2) is 54.6 Å². The van der Waals surface area contributed by atoms with E-state index < -0.39 is 11.9 Å². The molecule has 0 saturated heterocycles. The molecule has 1 heterocycles. The van der Waals surface area contributed by atoms with Gasteiger partial charge in [-0.1, -0.05) is 37.3 Å². The predicted molar refractivity (Wildman–Crippen MR) is 102 cm³/mol. The molecular formula is C21H21FN2O3. The van der Waals surface area contributed by atoms with Crippen molar-refractivity contribution in [2.75, 3.05) is 18.0 Å². The summed E-state index contributed by atoms with van der Waals surface area (Å²) in [7, 11) is 0. The molecule has 1 N–H and O–H groups in total. The minimum atomic E-state index is -0.794. The molecule has 3 rings (SSSR count). The fraction of sp³-hybridized carbons (Fsp3) is 0.238. The van der Waals surface area contributed by atoms with E-state index in [0.29, 0.717) is 23.5 Å². The van der Waals surface area contributed by atoms with Crippen LogP contribution in [0.3, 0.4) is 0 Å². The number of ether oxygens (including phenoxy) is 1. The Kier molecular flexibility index (Phi) is 5.86. The first-order valence-electron chi connectivity index (χ1n) is 8.87. The lowest BCUT2D eigenvalue weighted by Crippen LogP contribution is -2.50. The third kappa shape index (κ3) is 4.34. The molecule has 1 atom stereocenters. The average molecular weight is 368 g/mol. The van der Waals surface area contributed by atoms with Crippen LogP contribution in [0.4, 0.5) is 10.1 Å². The third-order valence-electron chi connectivity index (χ3n) is 4.19. The number of nitrogens with one attached hydrogen (secondary N) is 1. The number of fused-ring (bicyclic) bond motifs is 1. The lowest BCUT2D eigenvalue weighted by atomic mass is 10.1. The monoisotopic (exact) mass is 368 g/mol. The van der Waals surface area contributed by atoms with Crippen molar-refractivity contribution in [1.82, 2.24) is 5.32 Å². The molecule has 5 nitrogen and oxygen atoms in total. The minimum Gasteiger partial charge on any atom is -0.477 e. The second-order valence-electron chi connectivity index (χ2n) is 6.17. The summed E-state index contributed by atoms with van der Waals surface area (Å²) in [6.45, 7) is 2.59. The summed E-state index contributed by atoms with van der Waals surface area (Å²) < 4.78 is 19.5. The number of para-hydroxylation sites is 2. The number of hydrogen-bond acceptors (Lipinski definition) is 3. The normalized spacial score (nSPS) is 15.9. The Balaban J connectivity index is 1.83. The van der Waals surface area contributed by atoms with Crippen molar-refractivity contribution >= 4 is 23.6 Å². The van der Waals surface area contributed by atoms with E-state index in [1.807, 2.05) is 6.92 Å². The van der Waals surface area contributed by atoms with E-state index in [1.54, 1.807) is 42.5 Å². The molecule has 0 saturated carbocycles. The first-order chi connectivity index (χ1) is 13.1. The highest BCUT2D eigenvalue weighted by Crippen LogP contribution is 2.33. The quantitative estimate of drug-likeness (QED) is 0.825. The van der Waals surface area contributed by atoms with Gasteiger partial charge in [0.25, 0.3) is 11.8 Å². The molecule has 6 heteroatoms. The Hall–Kier alpha value is -3.15. The van der Waals surface area contributed by atoms with Crippen LogP contribution >= 0.6 is 0 Å². The zero-order valence-corrected chi connectivity index (χ0v) is 15.0. The number of anilines is 1. The standard InChI is InChI=1S/C21H21FN2O3/c1-2-13-23-21(26)19-14-24(17-9-5-6-10-18(17)27-19)20(25)12-11-15-7-3-4-8-16(15)22/h3-12,19H,2,13-14H2,1H3,(H,23,26)/b12-11+/t19-/m0/s1. The van der Waals surface area contributed by atoms with Crippen LogP contribution in [0.5, 0.6) is 5.75 Å². The fourth-order valence-electron chi connectivity index (χ4n) is 2.80. The maximum absolute atomic E-state index is 13.8. The van der Waals surface area contributed by atoms with E-state index in [2.05, 4.69) is 5.32 Å². The van der Waals surface area contributed by atoms with E-state index in [1.165, 1.54) is 23.1 Å². The van der Waals surface area contributed by atoms with Gasteiger partial charge in [0.15, 0.2) is 6.10 Å². The second-order valence-corrected chi connectivity index (χ2v) is 6.17. The van der Waals surface area contributed by atoms with Crippen molar-refractivity contribution in [2.45, 2.75) is 19.4 Å². The van der Waals surface area contributed by atoms with Crippen LogP contribution in [-0.4, -0.2) is 31.0 Å². The lowest BCUT2D eigenvalue weighted by Gasteiger charge is -2.33. The molecule has 0 bridgehead atoms. The Morgan fingerprint density at radius 2 is 1.96 bits per heavy atom.